The molecule has 3 heteroatoms. The molecule has 110 valence electrons. The lowest BCUT2D eigenvalue weighted by molar-refractivity contribution is 0.460. The predicted octanol–water partition coefficient (Wildman–Crippen LogP) is 5.56. The summed E-state index contributed by atoms with van der Waals surface area (Å²) < 4.78 is 17.0. The van der Waals surface area contributed by atoms with E-state index in [1.165, 1.54) is 11.1 Å². The molecule has 0 saturated carbocycles. The fourth-order valence-electron chi connectivity index (χ4n) is 2.29. The van der Waals surface area contributed by atoms with E-state index in [1.807, 2.05) is 54.6 Å². The number of para-hydroxylation sites is 2. The maximum Gasteiger partial charge on any atom is 0.182 e. The second-order valence-corrected chi connectivity index (χ2v) is 6.55. The first kappa shape index (κ1) is 14.9. The van der Waals surface area contributed by atoms with Gasteiger partial charge in [0.15, 0.2) is 21.2 Å². The lowest BCUT2D eigenvalue weighted by Gasteiger charge is -2.19. The minimum absolute atomic E-state index is 0.941. The zero-order chi connectivity index (χ0) is 15.2. The van der Waals surface area contributed by atoms with Gasteiger partial charge in [-0.05, 0) is 35.4 Å². The standard InChI is InChI=1S/C13H10O.C6H5IO/c1-3-7-12-10(5-1)9-11-6-2-4-8-13(11)14-12;8-7-6-4-2-1-3-5-6/h1-8H,9H2;1-5H. The molecule has 0 fully saturated rings. The van der Waals surface area contributed by atoms with E-state index < -0.39 is 21.2 Å². The minimum atomic E-state index is -0.941. The molecule has 1 aliphatic heterocycles. The van der Waals surface area contributed by atoms with Crippen LogP contribution in [-0.2, 0) is 9.49 Å². The fraction of sp³-hybridized carbons (Fsp3) is 0.0526. The number of fused-ring (bicyclic) bond motifs is 2. The molecule has 3 aromatic carbocycles. The second kappa shape index (κ2) is 7.31. The number of rotatable bonds is 1. The molecular formula is C19H15IO2. The Labute approximate surface area is 140 Å². The number of hydrogen-bond acceptors (Lipinski definition) is 2. The molecule has 4 rings (SSSR count). The van der Waals surface area contributed by atoms with Crippen LogP contribution in [0.1, 0.15) is 11.1 Å². The molecular weight excluding hydrogens is 387 g/mol. The summed E-state index contributed by atoms with van der Waals surface area (Å²) in [6.07, 6.45) is 0.979. The predicted molar refractivity (Wildman–Crippen MR) is 95.6 cm³/mol. The third-order valence-corrected chi connectivity index (χ3v) is 4.60. The topological polar surface area (TPSA) is 26.3 Å². The van der Waals surface area contributed by atoms with Gasteiger partial charge in [-0.15, -0.1) is 0 Å². The largest absolute Gasteiger partial charge is 0.457 e. The molecule has 0 amide bonds. The summed E-state index contributed by atoms with van der Waals surface area (Å²) in [6.45, 7) is 0. The summed E-state index contributed by atoms with van der Waals surface area (Å²) in [4.78, 5) is 0. The summed E-state index contributed by atoms with van der Waals surface area (Å²) in [6, 6.07) is 25.8. The minimum Gasteiger partial charge on any atom is -0.457 e. The van der Waals surface area contributed by atoms with E-state index in [0.717, 1.165) is 21.5 Å². The molecule has 3 aromatic rings. The Balaban J connectivity index is 0.000000154. The smallest absolute Gasteiger partial charge is 0.182 e. The first-order valence-electron chi connectivity index (χ1n) is 7.02. The van der Waals surface area contributed by atoms with Crippen molar-refractivity contribution in [1.82, 2.24) is 0 Å². The van der Waals surface area contributed by atoms with Crippen molar-refractivity contribution in [1.29, 1.82) is 0 Å². The maximum atomic E-state index is 10.2. The Hall–Kier alpha value is -2.01. The molecule has 2 nitrogen and oxygen atoms in total. The lowest BCUT2D eigenvalue weighted by Crippen LogP contribution is -2.01. The molecule has 0 bridgehead atoms. The highest BCUT2D eigenvalue weighted by Crippen LogP contribution is 2.35. The first-order chi connectivity index (χ1) is 10.9. The average molecular weight is 402 g/mol. The van der Waals surface area contributed by atoms with Crippen LogP contribution in [0.25, 0.3) is 0 Å². The van der Waals surface area contributed by atoms with E-state index in [2.05, 4.69) is 24.3 Å². The fourth-order valence-corrected chi connectivity index (χ4v) is 3.00. The molecule has 0 aromatic heterocycles. The number of ether oxygens (including phenoxy) is 1. The van der Waals surface area contributed by atoms with Crippen molar-refractivity contribution >= 4 is 21.2 Å². The van der Waals surface area contributed by atoms with Crippen LogP contribution in [0.5, 0.6) is 11.5 Å². The van der Waals surface area contributed by atoms with Gasteiger partial charge in [0, 0.05) is 9.99 Å². The van der Waals surface area contributed by atoms with E-state index in [0.29, 0.717) is 0 Å². The van der Waals surface area contributed by atoms with Crippen molar-refractivity contribution in [3.05, 3.63) is 93.6 Å². The molecule has 0 radical (unpaired) electrons. The van der Waals surface area contributed by atoms with E-state index in [9.17, 15) is 3.07 Å². The third-order valence-electron chi connectivity index (χ3n) is 3.37. The van der Waals surface area contributed by atoms with E-state index >= 15 is 0 Å². The SMILES string of the molecule is O=Ic1ccccc1.c1ccc2c(c1)Cc1ccccc1O2. The summed E-state index contributed by atoms with van der Waals surface area (Å²) in [7, 11) is 0. The molecule has 0 unspecified atom stereocenters. The Bertz CT molecular complexity index is 682. The van der Waals surface area contributed by atoms with Crippen LogP contribution in [0, 0.1) is 3.57 Å². The zero-order valence-electron chi connectivity index (χ0n) is 11.9. The molecule has 0 spiro atoms. The number of hydrogen-bond donors (Lipinski definition) is 0. The number of benzene rings is 3. The van der Waals surface area contributed by atoms with E-state index in [-0.39, 0.29) is 0 Å². The molecule has 0 atom stereocenters. The third kappa shape index (κ3) is 3.60. The molecule has 0 saturated heterocycles. The Kier molecular flexibility index (Phi) is 4.96. The summed E-state index contributed by atoms with van der Waals surface area (Å²) in [5.41, 5.74) is 2.54. The Morgan fingerprint density at radius 2 is 1.18 bits per heavy atom. The number of halogens is 1. The first-order valence-corrected chi connectivity index (χ1v) is 8.98. The van der Waals surface area contributed by atoms with Crippen LogP contribution in [0.15, 0.2) is 78.9 Å². The van der Waals surface area contributed by atoms with Crippen LogP contribution < -0.4 is 4.74 Å². The monoisotopic (exact) mass is 402 g/mol. The van der Waals surface area contributed by atoms with Gasteiger partial charge in [0.05, 0.1) is 0 Å². The average Bonchev–Trinajstić information content (AvgIpc) is 2.61. The van der Waals surface area contributed by atoms with Gasteiger partial charge < -0.3 is 4.74 Å². The van der Waals surface area contributed by atoms with Crippen molar-refractivity contribution in [2.24, 2.45) is 0 Å². The highest BCUT2D eigenvalue weighted by molar-refractivity contribution is 14.1. The van der Waals surface area contributed by atoms with Gasteiger partial charge in [-0.2, -0.15) is 0 Å². The Morgan fingerprint density at radius 3 is 1.68 bits per heavy atom. The summed E-state index contributed by atoms with van der Waals surface area (Å²) in [5, 5.41) is 0. The van der Waals surface area contributed by atoms with Crippen LogP contribution in [-0.4, -0.2) is 0 Å². The van der Waals surface area contributed by atoms with Crippen molar-refractivity contribution in [3.63, 3.8) is 0 Å². The molecule has 0 N–H and O–H groups in total. The molecule has 22 heavy (non-hydrogen) atoms. The van der Waals surface area contributed by atoms with Gasteiger partial charge in [0.1, 0.15) is 11.5 Å². The van der Waals surface area contributed by atoms with Gasteiger partial charge in [0.2, 0.25) is 0 Å². The summed E-state index contributed by atoms with van der Waals surface area (Å²) in [5.74, 6) is 1.98. The van der Waals surface area contributed by atoms with Crippen molar-refractivity contribution in [3.8, 4) is 11.5 Å². The van der Waals surface area contributed by atoms with E-state index in [1.54, 1.807) is 0 Å². The van der Waals surface area contributed by atoms with Crippen molar-refractivity contribution in [2.75, 3.05) is 0 Å². The molecule has 1 aliphatic rings. The lowest BCUT2D eigenvalue weighted by atomic mass is 10.0. The van der Waals surface area contributed by atoms with Gasteiger partial charge in [0.25, 0.3) is 0 Å². The van der Waals surface area contributed by atoms with Gasteiger partial charge in [-0.1, -0.05) is 54.6 Å². The van der Waals surface area contributed by atoms with Crippen LogP contribution in [0.3, 0.4) is 0 Å². The van der Waals surface area contributed by atoms with Crippen LogP contribution >= 0.6 is 21.2 Å². The highest BCUT2D eigenvalue weighted by Gasteiger charge is 2.14. The molecule has 1 heterocycles. The molecule has 0 aliphatic carbocycles. The van der Waals surface area contributed by atoms with Gasteiger partial charge in [-0.3, -0.25) is 3.07 Å². The van der Waals surface area contributed by atoms with Crippen LogP contribution in [0.4, 0.5) is 0 Å². The second-order valence-electron chi connectivity index (χ2n) is 4.87. The van der Waals surface area contributed by atoms with E-state index in [4.69, 9.17) is 4.74 Å². The highest BCUT2D eigenvalue weighted by atomic mass is 127. The van der Waals surface area contributed by atoms with Gasteiger partial charge in [-0.25, -0.2) is 0 Å². The Morgan fingerprint density at radius 1 is 0.682 bits per heavy atom. The zero-order valence-corrected chi connectivity index (χ0v) is 14.1. The summed E-state index contributed by atoms with van der Waals surface area (Å²) >= 11 is -0.941. The van der Waals surface area contributed by atoms with Crippen molar-refractivity contribution < 1.29 is 7.81 Å². The maximum absolute atomic E-state index is 10.2. The van der Waals surface area contributed by atoms with Gasteiger partial charge >= 0.3 is 0 Å². The normalized spacial score (nSPS) is 11.3. The van der Waals surface area contributed by atoms with Crippen LogP contribution in [0.2, 0.25) is 0 Å². The van der Waals surface area contributed by atoms with Crippen molar-refractivity contribution in [2.45, 2.75) is 6.42 Å². The quantitative estimate of drug-likeness (QED) is 0.390.